The predicted octanol–water partition coefficient (Wildman–Crippen LogP) is 3.52. The van der Waals surface area contributed by atoms with E-state index in [9.17, 15) is 13.6 Å². The average Bonchev–Trinajstić information content (AvgIpc) is 3.16. The van der Waals surface area contributed by atoms with Crippen molar-refractivity contribution in [3.05, 3.63) is 53.4 Å². The molecule has 0 fully saturated rings. The molecule has 0 radical (unpaired) electrons. The third kappa shape index (κ3) is 2.45. The predicted molar refractivity (Wildman–Crippen MR) is 93.5 cm³/mol. The summed E-state index contributed by atoms with van der Waals surface area (Å²) >= 11 is 0. The Labute approximate surface area is 147 Å². The zero-order chi connectivity index (χ0) is 18.6. The molecule has 0 amide bonds. The third-order valence-corrected chi connectivity index (χ3v) is 4.74. The van der Waals surface area contributed by atoms with Crippen LogP contribution in [0, 0.1) is 11.6 Å². The van der Waals surface area contributed by atoms with Gasteiger partial charge in [-0.05, 0) is 24.3 Å². The van der Waals surface area contributed by atoms with Crippen molar-refractivity contribution in [2.24, 2.45) is 7.05 Å². The highest BCUT2D eigenvalue weighted by atomic mass is 19.1. The summed E-state index contributed by atoms with van der Waals surface area (Å²) in [6, 6.07) is 6.82. The van der Waals surface area contributed by atoms with Gasteiger partial charge in [-0.2, -0.15) is 0 Å². The summed E-state index contributed by atoms with van der Waals surface area (Å²) in [5.74, 6) is -1.81. The van der Waals surface area contributed by atoms with Gasteiger partial charge in [-0.15, -0.1) is 0 Å². The number of aryl methyl sites for hydroxylation is 1. The van der Waals surface area contributed by atoms with Gasteiger partial charge in [-0.1, -0.05) is 6.92 Å². The molecule has 1 aromatic heterocycles. The minimum absolute atomic E-state index is 0.182. The maximum Gasteiger partial charge on any atom is 0.335 e. The molecule has 4 rings (SSSR count). The molecule has 2 atom stereocenters. The van der Waals surface area contributed by atoms with E-state index in [1.54, 1.807) is 19.2 Å². The Morgan fingerprint density at radius 1 is 1.27 bits per heavy atom. The van der Waals surface area contributed by atoms with Gasteiger partial charge in [0.15, 0.2) is 5.82 Å². The Hall–Kier alpha value is -3.16. The molecule has 2 heterocycles. The molecular formula is C18H16F2N4O2. The number of carbonyl (C=O) groups is 1. The largest absolute Gasteiger partial charge is 0.478 e. The van der Waals surface area contributed by atoms with E-state index in [1.165, 1.54) is 12.1 Å². The molecule has 26 heavy (non-hydrogen) atoms. The summed E-state index contributed by atoms with van der Waals surface area (Å²) in [4.78, 5) is 15.8. The summed E-state index contributed by atoms with van der Waals surface area (Å²) in [6.45, 7) is 1.91. The van der Waals surface area contributed by atoms with Crippen LogP contribution in [0.2, 0.25) is 0 Å². The molecule has 2 unspecified atom stereocenters. The SMILES string of the molecule is CC(c1nc2ccc(C(=O)O)cc2n1C)C1Nc2cc(F)cc(F)c2N1. The molecular weight excluding hydrogens is 342 g/mol. The van der Waals surface area contributed by atoms with Gasteiger partial charge in [0.05, 0.1) is 33.9 Å². The van der Waals surface area contributed by atoms with E-state index in [-0.39, 0.29) is 23.3 Å². The molecule has 2 aromatic carbocycles. The Morgan fingerprint density at radius 3 is 2.77 bits per heavy atom. The Bertz CT molecular complexity index is 1050. The zero-order valence-corrected chi connectivity index (χ0v) is 14.0. The van der Waals surface area contributed by atoms with Crippen LogP contribution in [0.4, 0.5) is 20.2 Å². The first-order valence-corrected chi connectivity index (χ1v) is 8.07. The van der Waals surface area contributed by atoms with Gasteiger partial charge in [0.2, 0.25) is 0 Å². The van der Waals surface area contributed by atoms with Crippen LogP contribution in [0.15, 0.2) is 30.3 Å². The maximum atomic E-state index is 13.9. The van der Waals surface area contributed by atoms with E-state index < -0.39 is 17.6 Å². The zero-order valence-electron chi connectivity index (χ0n) is 14.0. The van der Waals surface area contributed by atoms with Gasteiger partial charge in [0.1, 0.15) is 17.8 Å². The summed E-state index contributed by atoms with van der Waals surface area (Å²) in [6.07, 6.45) is -0.379. The number of anilines is 2. The number of aromatic nitrogens is 2. The molecule has 0 spiro atoms. The minimum Gasteiger partial charge on any atom is -0.478 e. The fraction of sp³-hybridized carbons (Fsp3) is 0.222. The number of hydrogen-bond donors (Lipinski definition) is 3. The summed E-state index contributed by atoms with van der Waals surface area (Å²) in [5.41, 5.74) is 2.15. The number of carboxylic acid groups (broad SMARTS) is 1. The lowest BCUT2D eigenvalue weighted by atomic mass is 10.1. The van der Waals surface area contributed by atoms with Crippen LogP contribution in [0.3, 0.4) is 0 Å². The second-order valence-electron chi connectivity index (χ2n) is 6.40. The van der Waals surface area contributed by atoms with Crippen molar-refractivity contribution in [1.82, 2.24) is 9.55 Å². The van der Waals surface area contributed by atoms with E-state index in [0.29, 0.717) is 22.5 Å². The van der Waals surface area contributed by atoms with Crippen LogP contribution in [0.1, 0.15) is 29.0 Å². The molecule has 1 aliphatic heterocycles. The molecule has 0 aliphatic carbocycles. The molecule has 1 aliphatic rings. The van der Waals surface area contributed by atoms with Crippen LogP contribution in [0.25, 0.3) is 11.0 Å². The summed E-state index contributed by atoms with van der Waals surface area (Å²) in [7, 11) is 1.80. The van der Waals surface area contributed by atoms with Crippen molar-refractivity contribution >= 4 is 28.4 Å². The fourth-order valence-electron chi connectivity index (χ4n) is 3.34. The van der Waals surface area contributed by atoms with E-state index >= 15 is 0 Å². The van der Waals surface area contributed by atoms with Gasteiger partial charge in [-0.25, -0.2) is 18.6 Å². The first-order valence-electron chi connectivity index (χ1n) is 8.07. The van der Waals surface area contributed by atoms with Crippen LogP contribution < -0.4 is 10.6 Å². The number of rotatable bonds is 3. The van der Waals surface area contributed by atoms with Gasteiger partial charge < -0.3 is 20.3 Å². The standard InChI is InChI=1S/C18H16F2N4O2/c1-8(16-21-13-7-10(19)6-11(20)15(13)23-16)17-22-12-4-3-9(18(25)26)5-14(12)24(17)2/h3-8,16,21,23H,1-2H3,(H,25,26). The second-order valence-corrected chi connectivity index (χ2v) is 6.40. The Balaban J connectivity index is 1.69. The number of carboxylic acids is 1. The number of nitrogens with one attached hydrogen (secondary N) is 2. The van der Waals surface area contributed by atoms with Gasteiger partial charge in [0.25, 0.3) is 0 Å². The molecule has 0 bridgehead atoms. The lowest BCUT2D eigenvalue weighted by Gasteiger charge is -2.20. The van der Waals surface area contributed by atoms with E-state index in [2.05, 4.69) is 15.6 Å². The number of fused-ring (bicyclic) bond motifs is 2. The van der Waals surface area contributed by atoms with Crippen molar-refractivity contribution < 1.29 is 18.7 Å². The van der Waals surface area contributed by atoms with Crippen LogP contribution in [-0.4, -0.2) is 26.8 Å². The molecule has 0 saturated carbocycles. The smallest absolute Gasteiger partial charge is 0.335 e. The van der Waals surface area contributed by atoms with Crippen molar-refractivity contribution in [1.29, 1.82) is 0 Å². The Morgan fingerprint density at radius 2 is 2.04 bits per heavy atom. The quantitative estimate of drug-likeness (QED) is 0.668. The highest BCUT2D eigenvalue weighted by Crippen LogP contribution is 2.37. The topological polar surface area (TPSA) is 79.2 Å². The molecule has 3 N–H and O–H groups in total. The van der Waals surface area contributed by atoms with Crippen molar-refractivity contribution in [2.45, 2.75) is 19.0 Å². The van der Waals surface area contributed by atoms with E-state index in [1.807, 2.05) is 11.5 Å². The number of nitrogens with zero attached hydrogens (tertiary/aromatic N) is 2. The van der Waals surface area contributed by atoms with E-state index in [4.69, 9.17) is 5.11 Å². The normalized spacial score (nSPS) is 16.8. The molecule has 8 heteroatoms. The highest BCUT2D eigenvalue weighted by Gasteiger charge is 2.31. The first-order chi connectivity index (χ1) is 12.3. The third-order valence-electron chi connectivity index (χ3n) is 4.74. The van der Waals surface area contributed by atoms with Gasteiger partial charge >= 0.3 is 5.97 Å². The molecule has 0 saturated heterocycles. The minimum atomic E-state index is -1.00. The second kappa shape index (κ2) is 5.69. The van der Waals surface area contributed by atoms with Crippen molar-refractivity contribution in [3.8, 4) is 0 Å². The number of halogens is 2. The summed E-state index contributed by atoms with van der Waals surface area (Å²) < 4.78 is 29.2. The van der Waals surface area contributed by atoms with Crippen molar-refractivity contribution in [3.63, 3.8) is 0 Å². The monoisotopic (exact) mass is 358 g/mol. The highest BCUT2D eigenvalue weighted by molar-refractivity contribution is 5.92. The van der Waals surface area contributed by atoms with Crippen LogP contribution >= 0.6 is 0 Å². The lowest BCUT2D eigenvalue weighted by molar-refractivity contribution is 0.0697. The fourth-order valence-corrected chi connectivity index (χ4v) is 3.34. The number of aromatic carboxylic acids is 1. The van der Waals surface area contributed by atoms with Crippen LogP contribution in [0.5, 0.6) is 0 Å². The number of benzene rings is 2. The lowest BCUT2D eigenvalue weighted by Crippen LogP contribution is -2.30. The van der Waals surface area contributed by atoms with Gasteiger partial charge in [-0.3, -0.25) is 0 Å². The average molecular weight is 358 g/mol. The number of imidazole rings is 1. The van der Waals surface area contributed by atoms with Crippen molar-refractivity contribution in [2.75, 3.05) is 10.6 Å². The van der Waals surface area contributed by atoms with Crippen LogP contribution in [-0.2, 0) is 7.05 Å². The molecule has 3 aromatic rings. The first kappa shape index (κ1) is 16.3. The maximum absolute atomic E-state index is 13.9. The Kier molecular flexibility index (Phi) is 3.57. The molecule has 134 valence electrons. The number of hydrogen-bond acceptors (Lipinski definition) is 4. The summed E-state index contributed by atoms with van der Waals surface area (Å²) in [5, 5.41) is 15.3. The van der Waals surface area contributed by atoms with E-state index in [0.717, 1.165) is 6.07 Å². The molecule has 6 nitrogen and oxygen atoms in total. The van der Waals surface area contributed by atoms with Gasteiger partial charge in [0, 0.05) is 13.1 Å².